The van der Waals surface area contributed by atoms with Crippen LogP contribution >= 0.6 is 0 Å². The average molecular weight is 614 g/mol. The fourth-order valence-corrected chi connectivity index (χ4v) is 6.82. The molecule has 0 saturated carbocycles. The Bertz CT molecular complexity index is 1720. The number of sulfonamides is 1. The van der Waals surface area contributed by atoms with Crippen LogP contribution in [0.15, 0.2) is 82.1 Å². The van der Waals surface area contributed by atoms with E-state index in [0.29, 0.717) is 22.3 Å². The Kier molecular flexibility index (Phi) is 8.95. The van der Waals surface area contributed by atoms with Gasteiger partial charge < -0.3 is 9.52 Å². The number of hydrogen-bond donors (Lipinski definition) is 1. The second-order valence-electron chi connectivity index (χ2n) is 11.2. The van der Waals surface area contributed by atoms with Gasteiger partial charge >= 0.3 is 12.1 Å². The number of aliphatic carboxylic acids is 1. The molecular weight excluding hydrogens is 579 g/mol. The minimum Gasteiger partial charge on any atom is -0.481 e. The lowest BCUT2D eigenvalue weighted by Gasteiger charge is -2.24. The van der Waals surface area contributed by atoms with Gasteiger partial charge in [0.15, 0.2) is 0 Å². The molecule has 0 aliphatic carbocycles. The fourth-order valence-electron chi connectivity index (χ4n) is 5.01. The molecule has 228 valence electrons. The fraction of sp³-hybridized carbons (Fsp3) is 0.303. The maximum absolute atomic E-state index is 14.1. The van der Waals surface area contributed by atoms with Crippen molar-refractivity contribution in [2.24, 2.45) is 0 Å². The van der Waals surface area contributed by atoms with Gasteiger partial charge in [-0.2, -0.15) is 17.5 Å². The molecule has 1 heterocycles. The smallest absolute Gasteiger partial charge is 0.449 e. The van der Waals surface area contributed by atoms with Crippen LogP contribution in [-0.4, -0.2) is 23.8 Å². The van der Waals surface area contributed by atoms with Gasteiger partial charge in [-0.05, 0) is 85.2 Å². The zero-order chi connectivity index (χ0) is 31.7. The van der Waals surface area contributed by atoms with Crippen molar-refractivity contribution in [1.82, 2.24) is 4.31 Å². The van der Waals surface area contributed by atoms with E-state index < -0.39 is 39.9 Å². The molecule has 4 rings (SSSR count). The molecule has 0 amide bonds. The van der Waals surface area contributed by atoms with E-state index in [1.165, 1.54) is 0 Å². The van der Waals surface area contributed by atoms with Gasteiger partial charge in [0.2, 0.25) is 15.8 Å². The number of hydrogen-bond acceptors (Lipinski definition) is 4. The highest BCUT2D eigenvalue weighted by atomic mass is 32.2. The van der Waals surface area contributed by atoms with Crippen LogP contribution in [0.1, 0.15) is 60.1 Å². The summed E-state index contributed by atoms with van der Waals surface area (Å²) in [6.45, 7) is 8.12. The molecule has 0 saturated heterocycles. The van der Waals surface area contributed by atoms with Crippen molar-refractivity contribution < 1.29 is 35.9 Å². The molecule has 0 radical (unpaired) electrons. The zero-order valence-electron chi connectivity index (χ0n) is 24.6. The highest BCUT2D eigenvalue weighted by Gasteiger charge is 2.36. The summed E-state index contributed by atoms with van der Waals surface area (Å²) in [6.07, 6.45) is -3.97. The van der Waals surface area contributed by atoms with E-state index in [-0.39, 0.29) is 17.2 Å². The highest BCUT2D eigenvalue weighted by Crippen LogP contribution is 2.33. The van der Waals surface area contributed by atoms with Gasteiger partial charge in [0.25, 0.3) is 0 Å². The monoisotopic (exact) mass is 613 g/mol. The lowest BCUT2D eigenvalue weighted by Crippen LogP contribution is -2.31. The summed E-state index contributed by atoms with van der Waals surface area (Å²) in [7, 11) is -4.17. The van der Waals surface area contributed by atoms with Crippen molar-refractivity contribution in [3.05, 3.63) is 112 Å². The summed E-state index contributed by atoms with van der Waals surface area (Å²) in [6, 6.07) is 19.8. The number of nitrogens with zero attached hydrogens (tertiary/aromatic N) is 1. The van der Waals surface area contributed by atoms with E-state index in [1.54, 1.807) is 82.3 Å². The maximum Gasteiger partial charge on any atom is 0.449 e. The molecule has 0 fully saturated rings. The second-order valence-corrected chi connectivity index (χ2v) is 13.0. The first kappa shape index (κ1) is 32.0. The van der Waals surface area contributed by atoms with Crippen molar-refractivity contribution in [2.45, 2.75) is 70.6 Å². The van der Waals surface area contributed by atoms with Crippen LogP contribution in [0, 0.1) is 13.8 Å². The summed E-state index contributed by atoms with van der Waals surface area (Å²) in [5.74, 6) is -2.28. The molecule has 0 aliphatic rings. The van der Waals surface area contributed by atoms with E-state index in [9.17, 15) is 31.5 Å². The largest absolute Gasteiger partial charge is 0.481 e. The molecule has 4 aromatic rings. The number of carboxylic acids is 1. The van der Waals surface area contributed by atoms with Crippen molar-refractivity contribution in [3.8, 4) is 11.1 Å². The summed E-state index contributed by atoms with van der Waals surface area (Å²) in [5.41, 5.74) is 3.83. The number of benzene rings is 3. The zero-order valence-corrected chi connectivity index (χ0v) is 25.4. The van der Waals surface area contributed by atoms with Gasteiger partial charge in [0.05, 0.1) is 16.9 Å². The predicted octanol–water partition coefficient (Wildman–Crippen LogP) is 7.90. The Morgan fingerprint density at radius 3 is 2.02 bits per heavy atom. The van der Waals surface area contributed by atoms with Crippen LogP contribution < -0.4 is 0 Å². The lowest BCUT2D eigenvalue weighted by atomic mass is 9.83. The molecule has 0 atom stereocenters. The molecule has 10 heteroatoms. The number of halogens is 3. The summed E-state index contributed by atoms with van der Waals surface area (Å²) < 4.78 is 73.9. The Balaban J connectivity index is 1.70. The topological polar surface area (TPSA) is 87.8 Å². The first-order valence-electron chi connectivity index (χ1n) is 13.7. The number of rotatable bonds is 10. The summed E-state index contributed by atoms with van der Waals surface area (Å²) >= 11 is 0. The van der Waals surface area contributed by atoms with Crippen molar-refractivity contribution in [3.63, 3.8) is 0 Å². The Morgan fingerprint density at radius 2 is 1.49 bits per heavy atom. The van der Waals surface area contributed by atoms with Gasteiger partial charge in [-0.25, -0.2) is 8.42 Å². The Labute approximate surface area is 249 Å². The van der Waals surface area contributed by atoms with Crippen LogP contribution in [0.3, 0.4) is 0 Å². The summed E-state index contributed by atoms with van der Waals surface area (Å²) in [5, 5.41) is 9.62. The van der Waals surface area contributed by atoms with Crippen molar-refractivity contribution in [2.75, 3.05) is 0 Å². The number of aryl methyl sites for hydroxylation is 3. The average Bonchev–Trinajstić information content (AvgIpc) is 3.42. The van der Waals surface area contributed by atoms with Gasteiger partial charge in [-0.1, -0.05) is 67.6 Å². The maximum atomic E-state index is 14.1. The van der Waals surface area contributed by atoms with Gasteiger partial charge in [0, 0.05) is 6.54 Å². The lowest BCUT2D eigenvalue weighted by molar-refractivity contribution is -0.153. The third-order valence-corrected chi connectivity index (χ3v) is 9.66. The third kappa shape index (κ3) is 6.86. The normalized spacial score (nSPS) is 12.6. The Hall–Kier alpha value is -3.89. The van der Waals surface area contributed by atoms with Gasteiger partial charge in [-0.3, -0.25) is 4.79 Å². The van der Waals surface area contributed by atoms with Crippen LogP contribution in [-0.2, 0) is 45.9 Å². The van der Waals surface area contributed by atoms with Crippen molar-refractivity contribution in [1.29, 1.82) is 0 Å². The van der Waals surface area contributed by atoms with E-state index in [2.05, 4.69) is 0 Å². The Morgan fingerprint density at radius 1 is 0.860 bits per heavy atom. The van der Waals surface area contributed by atoms with Crippen LogP contribution in [0.2, 0.25) is 0 Å². The number of alkyl halides is 3. The minimum atomic E-state index is -4.70. The second kappa shape index (κ2) is 12.0. The van der Waals surface area contributed by atoms with Gasteiger partial charge in [-0.15, -0.1) is 0 Å². The van der Waals surface area contributed by atoms with Gasteiger partial charge in [0.1, 0.15) is 5.76 Å². The predicted molar refractivity (Wildman–Crippen MR) is 158 cm³/mol. The molecule has 1 aromatic heterocycles. The number of carbonyl (C=O) groups is 1. The van der Waals surface area contributed by atoms with Crippen LogP contribution in [0.4, 0.5) is 13.2 Å². The summed E-state index contributed by atoms with van der Waals surface area (Å²) in [4.78, 5) is 11.9. The molecule has 3 aromatic carbocycles. The minimum absolute atomic E-state index is 0.113. The van der Waals surface area contributed by atoms with Crippen LogP contribution in [0.5, 0.6) is 0 Å². The van der Waals surface area contributed by atoms with E-state index in [0.717, 1.165) is 39.5 Å². The molecule has 0 spiro atoms. The molecule has 1 N–H and O–H groups in total. The van der Waals surface area contributed by atoms with Crippen LogP contribution in [0.25, 0.3) is 11.1 Å². The third-order valence-electron chi connectivity index (χ3n) is 7.56. The quantitative estimate of drug-likeness (QED) is 0.197. The molecule has 6 nitrogen and oxygen atoms in total. The SMILES string of the molecule is CCc1cc(C)c(S(=O)(=O)N(Cc2ccc(-c3cccc(C(C)(C)C(=O)O)c3)cc2)Cc2ccc(C(F)(F)F)o2)c(C)c1. The van der Waals surface area contributed by atoms with E-state index in [4.69, 9.17) is 4.42 Å². The first-order valence-corrected chi connectivity index (χ1v) is 15.2. The molecule has 43 heavy (non-hydrogen) atoms. The van der Waals surface area contributed by atoms with E-state index >= 15 is 0 Å². The number of furan rings is 1. The first-order chi connectivity index (χ1) is 20.0. The highest BCUT2D eigenvalue weighted by molar-refractivity contribution is 7.89. The standard InChI is InChI=1S/C33H34F3NO5S/c1-6-23-16-21(2)30(22(3)17-23)43(40,41)37(20-28-14-15-29(42-28)33(34,35)36)19-24-10-12-25(13-11-24)26-8-7-9-27(18-26)32(4,5)31(38)39/h7-18H,6,19-20H2,1-5H3,(H,38,39). The number of carboxylic acid groups (broad SMARTS) is 1. The molecule has 0 aliphatic heterocycles. The molecule has 0 bridgehead atoms. The van der Waals surface area contributed by atoms with Crippen molar-refractivity contribution >= 4 is 16.0 Å². The molecule has 0 unspecified atom stereocenters. The van der Waals surface area contributed by atoms with E-state index in [1.807, 2.05) is 13.0 Å². The molecular formula is C33H34F3NO5S.